The highest BCUT2D eigenvalue weighted by atomic mass is 32.2. The van der Waals surface area contributed by atoms with Crippen LogP contribution in [0.5, 0.6) is 0 Å². The average molecular weight is 194 g/mol. The lowest BCUT2D eigenvalue weighted by Gasteiger charge is -2.18. The SMILES string of the molecule is COOC[C@@H]([NH3+])CSC(C)(C)C. The lowest BCUT2D eigenvalue weighted by atomic mass is 10.3. The normalized spacial score (nSPS) is 14.8. The molecule has 0 aromatic heterocycles. The van der Waals surface area contributed by atoms with Crippen LogP contribution in [0.25, 0.3) is 0 Å². The molecule has 0 aliphatic heterocycles. The molecule has 0 saturated carbocycles. The van der Waals surface area contributed by atoms with Crippen molar-refractivity contribution in [3.05, 3.63) is 0 Å². The summed E-state index contributed by atoms with van der Waals surface area (Å²) < 4.78 is 0.309. The summed E-state index contributed by atoms with van der Waals surface area (Å²) in [5, 5.41) is 0. The molecule has 0 amide bonds. The molecule has 0 fully saturated rings. The maximum absolute atomic E-state index is 4.78. The Hall–Kier alpha value is 0.230. The van der Waals surface area contributed by atoms with Gasteiger partial charge in [-0.05, 0) is 0 Å². The van der Waals surface area contributed by atoms with E-state index >= 15 is 0 Å². The van der Waals surface area contributed by atoms with Crippen LogP contribution >= 0.6 is 11.8 Å². The second kappa shape index (κ2) is 5.80. The molecular weight excluding hydrogens is 174 g/mol. The molecule has 0 rings (SSSR count). The van der Waals surface area contributed by atoms with Crippen LogP contribution in [0.2, 0.25) is 0 Å². The minimum atomic E-state index is 0.300. The molecule has 0 spiro atoms. The standard InChI is InChI=1S/C8H19NO2S/c1-8(2,3)12-6-7(9)5-11-10-4/h7H,5-6,9H2,1-4H3/p+1/t7-/m1/s1. The zero-order valence-electron chi connectivity index (χ0n) is 8.42. The highest BCUT2D eigenvalue weighted by Gasteiger charge is 2.15. The summed E-state index contributed by atoms with van der Waals surface area (Å²) in [6, 6.07) is 0.300. The minimum Gasteiger partial charge on any atom is -0.352 e. The fraction of sp³-hybridized carbons (Fsp3) is 1.00. The van der Waals surface area contributed by atoms with Gasteiger partial charge in [-0.15, -0.1) is 11.8 Å². The lowest BCUT2D eigenvalue weighted by Crippen LogP contribution is -2.64. The monoisotopic (exact) mass is 194 g/mol. The van der Waals surface area contributed by atoms with Crippen molar-refractivity contribution in [2.24, 2.45) is 0 Å². The Morgan fingerprint density at radius 2 is 2.00 bits per heavy atom. The van der Waals surface area contributed by atoms with Gasteiger partial charge in [-0.2, -0.15) is 0 Å². The van der Waals surface area contributed by atoms with Gasteiger partial charge >= 0.3 is 0 Å². The van der Waals surface area contributed by atoms with Gasteiger partial charge in [-0.25, -0.2) is 9.78 Å². The van der Waals surface area contributed by atoms with Crippen molar-refractivity contribution in [3.8, 4) is 0 Å². The Morgan fingerprint density at radius 3 is 2.42 bits per heavy atom. The number of thioether (sulfide) groups is 1. The number of quaternary nitrogens is 1. The molecule has 0 aliphatic rings. The van der Waals surface area contributed by atoms with Crippen molar-refractivity contribution in [1.82, 2.24) is 0 Å². The van der Waals surface area contributed by atoms with E-state index in [1.165, 1.54) is 7.11 Å². The molecule has 1 atom stereocenters. The van der Waals surface area contributed by atoms with Crippen molar-refractivity contribution in [2.75, 3.05) is 19.5 Å². The van der Waals surface area contributed by atoms with Gasteiger partial charge in [0.05, 0.1) is 7.11 Å². The highest BCUT2D eigenvalue weighted by molar-refractivity contribution is 8.00. The second-order valence-corrected chi connectivity index (χ2v) is 5.59. The molecule has 0 aliphatic carbocycles. The van der Waals surface area contributed by atoms with Crippen LogP contribution < -0.4 is 5.73 Å². The molecular formula is C8H20NO2S+. The van der Waals surface area contributed by atoms with Crippen molar-refractivity contribution >= 4 is 11.8 Å². The zero-order chi connectivity index (χ0) is 9.61. The molecule has 74 valence electrons. The van der Waals surface area contributed by atoms with E-state index in [1.54, 1.807) is 0 Å². The largest absolute Gasteiger partial charge is 0.352 e. The van der Waals surface area contributed by atoms with Crippen molar-refractivity contribution in [1.29, 1.82) is 0 Å². The molecule has 3 N–H and O–H groups in total. The van der Waals surface area contributed by atoms with Crippen LogP contribution in [0.1, 0.15) is 20.8 Å². The summed E-state index contributed by atoms with van der Waals surface area (Å²) in [6.45, 7) is 7.16. The van der Waals surface area contributed by atoms with E-state index in [-0.39, 0.29) is 0 Å². The van der Waals surface area contributed by atoms with E-state index in [2.05, 4.69) is 31.4 Å². The van der Waals surface area contributed by atoms with E-state index in [4.69, 9.17) is 4.89 Å². The zero-order valence-corrected chi connectivity index (χ0v) is 9.24. The molecule has 0 aromatic carbocycles. The molecule has 0 unspecified atom stereocenters. The third-order valence-electron chi connectivity index (χ3n) is 1.17. The fourth-order valence-corrected chi connectivity index (χ4v) is 1.41. The quantitative estimate of drug-likeness (QED) is 0.518. The van der Waals surface area contributed by atoms with Crippen molar-refractivity contribution in [3.63, 3.8) is 0 Å². The molecule has 12 heavy (non-hydrogen) atoms. The molecule has 0 saturated heterocycles. The van der Waals surface area contributed by atoms with Crippen LogP contribution in [-0.2, 0) is 9.78 Å². The van der Waals surface area contributed by atoms with Crippen molar-refractivity contribution in [2.45, 2.75) is 31.6 Å². The van der Waals surface area contributed by atoms with Crippen molar-refractivity contribution < 1.29 is 15.5 Å². The van der Waals surface area contributed by atoms with Gasteiger partial charge in [0.1, 0.15) is 12.6 Å². The van der Waals surface area contributed by atoms with E-state index in [1.807, 2.05) is 11.8 Å². The minimum absolute atomic E-state index is 0.300. The van der Waals surface area contributed by atoms with E-state index < -0.39 is 0 Å². The van der Waals surface area contributed by atoms with Crippen LogP contribution in [0.3, 0.4) is 0 Å². The second-order valence-electron chi connectivity index (χ2n) is 3.74. The number of hydrogen-bond donors (Lipinski definition) is 1. The van der Waals surface area contributed by atoms with Crippen LogP contribution in [-0.4, -0.2) is 30.3 Å². The predicted octanol–water partition coefficient (Wildman–Crippen LogP) is 0.707. The molecule has 0 radical (unpaired) electrons. The Bertz CT molecular complexity index is 114. The summed E-state index contributed by atoms with van der Waals surface area (Å²) >= 11 is 1.89. The van der Waals surface area contributed by atoms with Gasteiger partial charge in [-0.1, -0.05) is 20.8 Å². The average Bonchev–Trinajstić information content (AvgIpc) is 1.95. The predicted molar refractivity (Wildman–Crippen MR) is 51.8 cm³/mol. The fourth-order valence-electron chi connectivity index (χ4n) is 0.580. The molecule has 0 aromatic rings. The summed E-state index contributed by atoms with van der Waals surface area (Å²) in [5.41, 5.74) is 3.95. The first-order valence-electron chi connectivity index (χ1n) is 4.08. The maximum Gasteiger partial charge on any atom is 0.135 e. The third kappa shape index (κ3) is 8.33. The first-order valence-corrected chi connectivity index (χ1v) is 5.07. The van der Waals surface area contributed by atoms with E-state index in [9.17, 15) is 0 Å². The van der Waals surface area contributed by atoms with Gasteiger partial charge in [0.2, 0.25) is 0 Å². The molecule has 3 nitrogen and oxygen atoms in total. The van der Waals surface area contributed by atoms with Gasteiger partial charge in [0, 0.05) is 10.5 Å². The number of hydrogen-bond acceptors (Lipinski definition) is 3. The highest BCUT2D eigenvalue weighted by Crippen LogP contribution is 2.22. The summed E-state index contributed by atoms with van der Waals surface area (Å²) in [6.07, 6.45) is 0. The Balaban J connectivity index is 3.37. The topological polar surface area (TPSA) is 46.1 Å². The summed E-state index contributed by atoms with van der Waals surface area (Å²) in [5.74, 6) is 1.01. The Kier molecular flexibility index (Phi) is 5.92. The smallest absolute Gasteiger partial charge is 0.135 e. The van der Waals surface area contributed by atoms with Gasteiger partial charge < -0.3 is 5.73 Å². The van der Waals surface area contributed by atoms with Gasteiger partial charge in [0.25, 0.3) is 0 Å². The molecule has 0 heterocycles. The summed E-state index contributed by atoms with van der Waals surface area (Å²) in [4.78, 5) is 9.28. The first-order chi connectivity index (χ1) is 5.45. The Labute approximate surface area is 78.9 Å². The number of rotatable bonds is 5. The van der Waals surface area contributed by atoms with Crippen LogP contribution in [0.4, 0.5) is 0 Å². The van der Waals surface area contributed by atoms with Gasteiger partial charge in [-0.3, -0.25) is 0 Å². The van der Waals surface area contributed by atoms with E-state index in [0.29, 0.717) is 17.4 Å². The third-order valence-corrected chi connectivity index (χ3v) is 2.68. The van der Waals surface area contributed by atoms with Gasteiger partial charge in [0.15, 0.2) is 0 Å². The molecule has 0 bridgehead atoms. The van der Waals surface area contributed by atoms with Crippen LogP contribution in [0, 0.1) is 0 Å². The summed E-state index contributed by atoms with van der Waals surface area (Å²) in [7, 11) is 1.52. The van der Waals surface area contributed by atoms with E-state index in [0.717, 1.165) is 5.75 Å². The lowest BCUT2D eigenvalue weighted by molar-refractivity contribution is -0.439. The van der Waals surface area contributed by atoms with Crippen LogP contribution in [0.15, 0.2) is 0 Å². The molecule has 4 heteroatoms. The maximum atomic E-state index is 4.78. The Morgan fingerprint density at radius 1 is 1.42 bits per heavy atom. The first kappa shape index (κ1) is 12.2.